The van der Waals surface area contributed by atoms with Gasteiger partial charge in [-0.3, -0.25) is 14.2 Å². The van der Waals surface area contributed by atoms with E-state index in [2.05, 4.69) is 28.2 Å². The van der Waals surface area contributed by atoms with E-state index in [1.807, 2.05) is 63.2 Å². The number of halogens is 1. The average molecular weight is 557 g/mol. The maximum Gasteiger partial charge on any atom is 0.267 e. The quantitative estimate of drug-likeness (QED) is 0.201. The molecule has 34 heavy (non-hydrogen) atoms. The minimum Gasteiger partial charge on any atom is -0.325 e. The van der Waals surface area contributed by atoms with Gasteiger partial charge in [-0.2, -0.15) is 0 Å². The van der Waals surface area contributed by atoms with Gasteiger partial charge >= 0.3 is 0 Å². The second-order valence-electron chi connectivity index (χ2n) is 8.20. The van der Waals surface area contributed by atoms with E-state index in [1.165, 1.54) is 16.6 Å². The van der Waals surface area contributed by atoms with Crippen molar-refractivity contribution in [1.82, 2.24) is 9.55 Å². The van der Waals surface area contributed by atoms with Crippen molar-refractivity contribution in [3.63, 3.8) is 0 Å². The Hall–Kier alpha value is -2.42. The van der Waals surface area contributed by atoms with E-state index in [0.717, 1.165) is 50.2 Å². The monoisotopic (exact) mass is 555 g/mol. The summed E-state index contributed by atoms with van der Waals surface area (Å²) in [6.45, 7) is 8.08. The topological polar surface area (TPSA) is 64.0 Å². The van der Waals surface area contributed by atoms with Gasteiger partial charge in [-0.1, -0.05) is 59.2 Å². The number of aryl methyl sites for hydroxylation is 4. The van der Waals surface area contributed by atoms with Crippen LogP contribution < -0.4 is 10.9 Å². The lowest BCUT2D eigenvalue weighted by atomic mass is 10.1. The highest BCUT2D eigenvalue weighted by atomic mass is 79.9. The lowest BCUT2D eigenvalue weighted by Gasteiger charge is -2.14. The minimum atomic E-state index is -0.137. The molecule has 2 aromatic carbocycles. The third kappa shape index (κ3) is 4.99. The molecule has 2 heterocycles. The molecule has 0 aliphatic carbocycles. The fourth-order valence-electron chi connectivity index (χ4n) is 3.99. The van der Waals surface area contributed by atoms with E-state index in [9.17, 15) is 9.59 Å². The number of hydrogen-bond acceptors (Lipinski definition) is 5. The van der Waals surface area contributed by atoms with Gasteiger partial charge in [0.05, 0.1) is 16.8 Å². The number of thioether (sulfide) groups is 1. The van der Waals surface area contributed by atoms with Crippen molar-refractivity contribution in [3.05, 3.63) is 78.9 Å². The van der Waals surface area contributed by atoms with Crippen LogP contribution in [0.25, 0.3) is 15.9 Å². The highest BCUT2D eigenvalue weighted by Gasteiger charge is 2.20. The zero-order valence-corrected chi connectivity index (χ0v) is 22.8. The molecule has 1 amide bonds. The lowest BCUT2D eigenvalue weighted by molar-refractivity contribution is -0.113. The number of nitrogens with one attached hydrogen (secondary N) is 1. The number of aromatic nitrogens is 2. The third-order valence-electron chi connectivity index (χ3n) is 5.62. The summed E-state index contributed by atoms with van der Waals surface area (Å²) in [5, 5.41) is 4.22. The van der Waals surface area contributed by atoms with Crippen molar-refractivity contribution in [1.29, 1.82) is 0 Å². The fourth-order valence-corrected chi connectivity index (χ4v) is 6.81. The van der Waals surface area contributed by atoms with Gasteiger partial charge in [0.25, 0.3) is 5.56 Å². The molecule has 0 aliphatic heterocycles. The number of para-hydroxylation sites is 1. The Labute approximate surface area is 215 Å². The molecule has 4 aromatic rings. The highest BCUT2D eigenvalue weighted by Crippen LogP contribution is 2.31. The van der Waals surface area contributed by atoms with Crippen molar-refractivity contribution < 1.29 is 4.79 Å². The van der Waals surface area contributed by atoms with Crippen LogP contribution in [0, 0.1) is 20.8 Å². The molecule has 5 nitrogen and oxygen atoms in total. The summed E-state index contributed by atoms with van der Waals surface area (Å²) in [6, 6.07) is 13.4. The van der Waals surface area contributed by atoms with Gasteiger partial charge in [0, 0.05) is 15.0 Å². The summed E-state index contributed by atoms with van der Waals surface area (Å²) in [7, 11) is 0. The van der Waals surface area contributed by atoms with Gasteiger partial charge in [0.15, 0.2) is 5.16 Å². The molecular formula is C26H26BrN3O2S2. The van der Waals surface area contributed by atoms with Crippen molar-refractivity contribution in [2.45, 2.75) is 45.7 Å². The number of thiophene rings is 1. The van der Waals surface area contributed by atoms with E-state index in [1.54, 1.807) is 15.9 Å². The van der Waals surface area contributed by atoms with Gasteiger partial charge < -0.3 is 5.32 Å². The minimum absolute atomic E-state index is 0.0881. The normalized spacial score (nSPS) is 11.2. The first-order valence-corrected chi connectivity index (χ1v) is 13.7. The number of benzene rings is 2. The molecule has 0 spiro atoms. The summed E-state index contributed by atoms with van der Waals surface area (Å²) in [6.07, 6.45) is 1.94. The maximum absolute atomic E-state index is 13.7. The SMILES string of the molecule is CCCc1sc2nc(SCC(=O)Nc3c(C)cc(Br)cc3C)n(-c3ccccc3)c(=O)c2c1C. The Kier molecular flexibility index (Phi) is 7.60. The first-order valence-electron chi connectivity index (χ1n) is 11.1. The van der Waals surface area contributed by atoms with E-state index < -0.39 is 0 Å². The number of amides is 1. The number of rotatable bonds is 7. The molecule has 0 fully saturated rings. The number of hydrogen-bond donors (Lipinski definition) is 1. The molecule has 0 bridgehead atoms. The zero-order chi connectivity index (χ0) is 24.4. The molecule has 0 unspecified atom stereocenters. The number of anilines is 1. The Bertz CT molecular complexity index is 1400. The Balaban J connectivity index is 1.70. The van der Waals surface area contributed by atoms with Crippen molar-refractivity contribution in [2.24, 2.45) is 0 Å². The van der Waals surface area contributed by atoms with E-state index in [-0.39, 0.29) is 17.2 Å². The molecular weight excluding hydrogens is 530 g/mol. The second kappa shape index (κ2) is 10.5. The molecule has 0 atom stereocenters. The van der Waals surface area contributed by atoms with Crippen LogP contribution in [0.2, 0.25) is 0 Å². The second-order valence-corrected chi connectivity index (χ2v) is 11.1. The molecule has 0 saturated heterocycles. The largest absolute Gasteiger partial charge is 0.325 e. The van der Waals surface area contributed by atoms with Crippen molar-refractivity contribution in [2.75, 3.05) is 11.1 Å². The van der Waals surface area contributed by atoms with Crippen LogP contribution in [0.15, 0.2) is 56.9 Å². The Morgan fingerprint density at radius 1 is 1.15 bits per heavy atom. The summed E-state index contributed by atoms with van der Waals surface area (Å²) < 4.78 is 2.61. The van der Waals surface area contributed by atoms with E-state index >= 15 is 0 Å². The van der Waals surface area contributed by atoms with E-state index in [4.69, 9.17) is 4.98 Å². The number of carbonyl (C=O) groups is 1. The van der Waals surface area contributed by atoms with Gasteiger partial charge in [-0.05, 0) is 68.1 Å². The van der Waals surface area contributed by atoms with Gasteiger partial charge in [0.2, 0.25) is 5.91 Å². The van der Waals surface area contributed by atoms with Crippen LogP contribution in [-0.4, -0.2) is 21.2 Å². The molecule has 1 N–H and O–H groups in total. The zero-order valence-electron chi connectivity index (χ0n) is 19.6. The van der Waals surface area contributed by atoms with Crippen molar-refractivity contribution in [3.8, 4) is 5.69 Å². The average Bonchev–Trinajstić information content (AvgIpc) is 3.11. The van der Waals surface area contributed by atoms with Crippen LogP contribution in [0.5, 0.6) is 0 Å². The summed E-state index contributed by atoms with van der Waals surface area (Å²) in [4.78, 5) is 33.3. The predicted octanol–water partition coefficient (Wildman–Crippen LogP) is 6.82. The lowest BCUT2D eigenvalue weighted by Crippen LogP contribution is -2.23. The smallest absolute Gasteiger partial charge is 0.267 e. The first kappa shape index (κ1) is 24.7. The van der Waals surface area contributed by atoms with Crippen LogP contribution in [0.1, 0.15) is 34.9 Å². The molecule has 176 valence electrons. The number of fused-ring (bicyclic) bond motifs is 1. The summed E-state index contributed by atoms with van der Waals surface area (Å²) in [5.41, 5.74) is 4.46. The summed E-state index contributed by atoms with van der Waals surface area (Å²) >= 11 is 6.35. The first-order chi connectivity index (χ1) is 16.3. The third-order valence-corrected chi connectivity index (χ3v) is 8.26. The number of carbonyl (C=O) groups excluding carboxylic acids is 1. The maximum atomic E-state index is 13.7. The standard InChI is InChI=1S/C26H26BrN3O2S2/c1-5-9-20-17(4)22-24(34-20)29-26(30(25(22)32)19-10-7-6-8-11-19)33-14-21(31)28-23-15(2)12-18(27)13-16(23)3/h6-8,10-13H,5,9,14H2,1-4H3,(H,28,31). The highest BCUT2D eigenvalue weighted by molar-refractivity contribution is 9.10. The van der Waals surface area contributed by atoms with Crippen LogP contribution in [-0.2, 0) is 11.2 Å². The predicted molar refractivity (Wildman–Crippen MR) is 147 cm³/mol. The molecule has 8 heteroatoms. The molecule has 0 aliphatic rings. The Morgan fingerprint density at radius 2 is 1.82 bits per heavy atom. The van der Waals surface area contributed by atoms with Crippen LogP contribution >= 0.6 is 39.0 Å². The Morgan fingerprint density at radius 3 is 2.47 bits per heavy atom. The summed E-state index contributed by atoms with van der Waals surface area (Å²) in [5.74, 6) is 0.00725. The molecule has 2 aromatic heterocycles. The number of nitrogens with zero attached hydrogens (tertiary/aromatic N) is 2. The molecule has 0 radical (unpaired) electrons. The van der Waals surface area contributed by atoms with Crippen molar-refractivity contribution >= 4 is 60.8 Å². The van der Waals surface area contributed by atoms with Gasteiger partial charge in [-0.25, -0.2) is 4.98 Å². The van der Waals surface area contributed by atoms with Gasteiger partial charge in [-0.15, -0.1) is 11.3 Å². The molecule has 4 rings (SSSR count). The van der Waals surface area contributed by atoms with Crippen LogP contribution in [0.4, 0.5) is 5.69 Å². The van der Waals surface area contributed by atoms with E-state index in [0.29, 0.717) is 10.5 Å². The fraction of sp³-hybridized carbons (Fsp3) is 0.269. The molecule has 0 saturated carbocycles. The van der Waals surface area contributed by atoms with Gasteiger partial charge in [0.1, 0.15) is 4.83 Å². The van der Waals surface area contributed by atoms with Crippen LogP contribution in [0.3, 0.4) is 0 Å².